The summed E-state index contributed by atoms with van der Waals surface area (Å²) in [7, 11) is 0. The van der Waals surface area contributed by atoms with Crippen molar-refractivity contribution in [3.63, 3.8) is 0 Å². The molecule has 0 unspecified atom stereocenters. The van der Waals surface area contributed by atoms with E-state index in [-0.39, 0.29) is 35.2 Å². The Balaban J connectivity index is 1.73. The number of aliphatic hydroxyl groups is 1. The van der Waals surface area contributed by atoms with Crippen LogP contribution in [0.1, 0.15) is 10.4 Å². The Morgan fingerprint density at radius 3 is 2.32 bits per heavy atom. The van der Waals surface area contributed by atoms with Gasteiger partial charge in [-0.2, -0.15) is 0 Å². The number of amides is 1. The van der Waals surface area contributed by atoms with Crippen LogP contribution in [0.25, 0.3) is 0 Å². The quantitative estimate of drug-likeness (QED) is 0.382. The van der Waals surface area contributed by atoms with Crippen molar-refractivity contribution in [1.82, 2.24) is 20.3 Å². The molecule has 2 aromatic rings. The van der Waals surface area contributed by atoms with Gasteiger partial charge in [-0.15, -0.1) is 0 Å². The summed E-state index contributed by atoms with van der Waals surface area (Å²) in [5.41, 5.74) is 4.31. The van der Waals surface area contributed by atoms with Crippen LogP contribution in [0, 0.1) is 20.2 Å². The van der Waals surface area contributed by atoms with Crippen LogP contribution in [0.5, 0.6) is 0 Å². The highest BCUT2D eigenvalue weighted by Crippen LogP contribution is 2.31. The molecule has 0 radical (unpaired) electrons. The van der Waals surface area contributed by atoms with E-state index >= 15 is 0 Å². The molecule has 1 saturated heterocycles. The van der Waals surface area contributed by atoms with Crippen LogP contribution in [-0.2, 0) is 0 Å². The van der Waals surface area contributed by atoms with Gasteiger partial charge in [-0.25, -0.2) is 9.97 Å². The minimum Gasteiger partial charge on any atom is -0.395 e. The second-order valence-electron chi connectivity index (χ2n) is 6.59. The normalized spacial score (nSPS) is 14.2. The average Bonchev–Trinajstić information content (AvgIpc) is 2.78. The molecule has 164 valence electrons. The molecule has 14 heteroatoms. The lowest BCUT2D eigenvalue weighted by atomic mass is 10.2. The van der Waals surface area contributed by atoms with E-state index in [1.807, 2.05) is 4.90 Å². The summed E-state index contributed by atoms with van der Waals surface area (Å²) < 4.78 is 0. The number of piperazine rings is 1. The van der Waals surface area contributed by atoms with Crippen molar-refractivity contribution in [2.24, 2.45) is 0 Å². The fourth-order valence-electron chi connectivity index (χ4n) is 3.11. The Kier molecular flexibility index (Phi) is 6.84. The molecule has 0 aliphatic carbocycles. The lowest BCUT2D eigenvalue weighted by molar-refractivity contribution is -0.384. The average molecular weight is 432 g/mol. The topological polar surface area (TPSA) is 180 Å². The number of rotatable bonds is 8. The van der Waals surface area contributed by atoms with Gasteiger partial charge in [-0.3, -0.25) is 40.8 Å². The Labute approximate surface area is 175 Å². The van der Waals surface area contributed by atoms with Gasteiger partial charge in [0.2, 0.25) is 11.6 Å². The van der Waals surface area contributed by atoms with Crippen LogP contribution in [0.4, 0.5) is 23.0 Å². The zero-order valence-corrected chi connectivity index (χ0v) is 16.3. The second-order valence-corrected chi connectivity index (χ2v) is 6.59. The second kappa shape index (κ2) is 9.73. The number of nitrogens with one attached hydrogen (secondary N) is 2. The third-order valence-electron chi connectivity index (χ3n) is 4.71. The number of aromatic nitrogens is 2. The molecule has 1 aliphatic heterocycles. The highest BCUT2D eigenvalue weighted by molar-refractivity contribution is 5.95. The molecule has 31 heavy (non-hydrogen) atoms. The molecule has 1 amide bonds. The maximum atomic E-state index is 12.3. The van der Waals surface area contributed by atoms with Crippen LogP contribution >= 0.6 is 0 Å². The van der Waals surface area contributed by atoms with Crippen LogP contribution in [0.3, 0.4) is 0 Å². The van der Waals surface area contributed by atoms with E-state index in [4.69, 9.17) is 5.11 Å². The fourth-order valence-corrected chi connectivity index (χ4v) is 3.11. The van der Waals surface area contributed by atoms with Crippen LogP contribution in [0.2, 0.25) is 0 Å². The number of hydrazine groups is 1. The van der Waals surface area contributed by atoms with Crippen molar-refractivity contribution in [2.75, 3.05) is 49.7 Å². The van der Waals surface area contributed by atoms with E-state index in [9.17, 15) is 25.0 Å². The van der Waals surface area contributed by atoms with E-state index in [0.717, 1.165) is 6.33 Å². The van der Waals surface area contributed by atoms with Gasteiger partial charge in [0, 0.05) is 50.4 Å². The molecule has 1 aliphatic rings. The molecule has 0 spiro atoms. The van der Waals surface area contributed by atoms with Crippen LogP contribution in [0.15, 0.2) is 30.6 Å². The number of anilines is 2. The predicted molar refractivity (Wildman–Crippen MR) is 109 cm³/mol. The Morgan fingerprint density at radius 2 is 1.74 bits per heavy atom. The van der Waals surface area contributed by atoms with Crippen molar-refractivity contribution >= 4 is 28.9 Å². The van der Waals surface area contributed by atoms with Gasteiger partial charge in [0.25, 0.3) is 11.6 Å². The van der Waals surface area contributed by atoms with E-state index in [0.29, 0.717) is 32.7 Å². The predicted octanol–water partition coefficient (Wildman–Crippen LogP) is 0.164. The van der Waals surface area contributed by atoms with Gasteiger partial charge in [-0.1, -0.05) is 0 Å². The minimum atomic E-state index is -0.651. The smallest absolute Gasteiger partial charge is 0.355 e. The van der Waals surface area contributed by atoms with Gasteiger partial charge >= 0.3 is 5.69 Å². The van der Waals surface area contributed by atoms with Gasteiger partial charge in [0.1, 0.15) is 6.33 Å². The lowest BCUT2D eigenvalue weighted by Crippen LogP contribution is -2.47. The minimum absolute atomic E-state index is 0.0379. The number of nitro groups is 2. The molecule has 2 heterocycles. The maximum absolute atomic E-state index is 12.3. The molecule has 0 saturated carbocycles. The summed E-state index contributed by atoms with van der Waals surface area (Å²) in [4.78, 5) is 45.2. The standard InChI is InChI=1S/C17H20N8O6/c26-10-9-22-5-7-23(8-6-22)16-14(25(30)31)15(18-11-19-16)20-21-17(27)12-1-3-13(4-2-12)24(28)29/h1-4,11,26H,5-10H2,(H,21,27)(H,18,19,20). The summed E-state index contributed by atoms with van der Waals surface area (Å²) >= 11 is 0. The van der Waals surface area contributed by atoms with Crippen LogP contribution < -0.4 is 15.8 Å². The molecule has 1 aromatic carbocycles. The zero-order valence-electron chi connectivity index (χ0n) is 16.3. The van der Waals surface area contributed by atoms with E-state index in [1.165, 1.54) is 24.3 Å². The first kappa shape index (κ1) is 21.8. The SMILES string of the molecule is O=C(NNc1ncnc(N2CCN(CCO)CC2)c1[N+](=O)[O-])c1ccc([N+](=O)[O-])cc1. The van der Waals surface area contributed by atoms with E-state index in [2.05, 4.69) is 20.8 Å². The molecule has 1 fully saturated rings. The van der Waals surface area contributed by atoms with Gasteiger partial charge in [0.05, 0.1) is 16.5 Å². The molecule has 0 bridgehead atoms. The number of benzene rings is 1. The summed E-state index contributed by atoms with van der Waals surface area (Å²) in [6.07, 6.45) is 1.16. The first-order chi connectivity index (χ1) is 14.9. The maximum Gasteiger partial charge on any atom is 0.355 e. The van der Waals surface area contributed by atoms with Crippen molar-refractivity contribution in [2.45, 2.75) is 0 Å². The van der Waals surface area contributed by atoms with Crippen molar-refractivity contribution in [1.29, 1.82) is 0 Å². The van der Waals surface area contributed by atoms with Crippen molar-refractivity contribution in [3.8, 4) is 0 Å². The number of carbonyl (C=O) groups excluding carboxylic acids is 1. The van der Waals surface area contributed by atoms with Gasteiger partial charge in [0.15, 0.2) is 0 Å². The molecular formula is C17H20N8O6. The van der Waals surface area contributed by atoms with E-state index < -0.39 is 15.8 Å². The summed E-state index contributed by atoms with van der Waals surface area (Å²) in [6, 6.07) is 4.88. The Bertz CT molecular complexity index is 962. The molecule has 3 rings (SSSR count). The number of carbonyl (C=O) groups is 1. The lowest BCUT2D eigenvalue weighted by Gasteiger charge is -2.34. The van der Waals surface area contributed by atoms with Crippen molar-refractivity contribution in [3.05, 3.63) is 56.4 Å². The number of nitrogens with zero attached hydrogens (tertiary/aromatic N) is 6. The largest absolute Gasteiger partial charge is 0.395 e. The molecule has 14 nitrogen and oxygen atoms in total. The number of nitro benzene ring substituents is 1. The number of hydrogen-bond donors (Lipinski definition) is 3. The zero-order chi connectivity index (χ0) is 22.4. The summed E-state index contributed by atoms with van der Waals surface area (Å²) in [5.74, 6) is -0.722. The molecular weight excluding hydrogens is 412 g/mol. The number of aliphatic hydroxyl groups excluding tert-OH is 1. The monoisotopic (exact) mass is 432 g/mol. The van der Waals surface area contributed by atoms with E-state index in [1.54, 1.807) is 4.90 Å². The number of β-amino-alcohol motifs (C(OH)–C–C–N with tert-alkyl or cyclic N) is 1. The highest BCUT2D eigenvalue weighted by Gasteiger charge is 2.29. The first-order valence-electron chi connectivity index (χ1n) is 9.29. The number of non-ortho nitro benzene ring substituents is 1. The Morgan fingerprint density at radius 1 is 1.06 bits per heavy atom. The first-order valence-corrected chi connectivity index (χ1v) is 9.29. The molecule has 1 aromatic heterocycles. The third-order valence-corrected chi connectivity index (χ3v) is 4.71. The molecule has 0 atom stereocenters. The van der Waals surface area contributed by atoms with Gasteiger partial charge < -0.3 is 10.0 Å². The Hall–Kier alpha value is -3.91. The van der Waals surface area contributed by atoms with Crippen LogP contribution in [-0.4, -0.2) is 75.1 Å². The fraction of sp³-hybridized carbons (Fsp3) is 0.353. The highest BCUT2D eigenvalue weighted by atomic mass is 16.6. The number of hydrogen-bond acceptors (Lipinski definition) is 11. The van der Waals surface area contributed by atoms with Gasteiger partial charge in [-0.05, 0) is 12.1 Å². The third kappa shape index (κ3) is 5.18. The summed E-state index contributed by atoms with van der Waals surface area (Å²) in [6.45, 7) is 2.75. The van der Waals surface area contributed by atoms with Crippen molar-refractivity contribution < 1.29 is 19.7 Å². The molecule has 3 N–H and O–H groups in total. The summed E-state index contributed by atoms with van der Waals surface area (Å²) in [5, 5.41) is 31.5.